The standard InChI is InChI=1S/C14H21N3O2S/c1-2-12(15)9-13(18)16-4-6-17(7-5-16)14(19)11-3-8-20-10-11/h3,8,10,12H,2,4-7,9,15H2,1H3. The number of hydrogen-bond donors (Lipinski definition) is 1. The molecule has 1 aliphatic rings. The molecule has 2 heterocycles. The summed E-state index contributed by atoms with van der Waals surface area (Å²) in [5, 5.41) is 3.76. The molecule has 1 aromatic heterocycles. The van der Waals surface area contributed by atoms with Gasteiger partial charge in [0.25, 0.3) is 5.91 Å². The van der Waals surface area contributed by atoms with Gasteiger partial charge in [0.1, 0.15) is 0 Å². The van der Waals surface area contributed by atoms with Gasteiger partial charge in [-0.1, -0.05) is 6.92 Å². The van der Waals surface area contributed by atoms with Crippen molar-refractivity contribution in [2.45, 2.75) is 25.8 Å². The van der Waals surface area contributed by atoms with Crippen molar-refractivity contribution in [1.82, 2.24) is 9.80 Å². The monoisotopic (exact) mass is 295 g/mol. The maximum Gasteiger partial charge on any atom is 0.254 e. The lowest BCUT2D eigenvalue weighted by atomic mass is 10.1. The van der Waals surface area contributed by atoms with Crippen molar-refractivity contribution in [2.75, 3.05) is 26.2 Å². The van der Waals surface area contributed by atoms with E-state index in [0.717, 1.165) is 12.0 Å². The Morgan fingerprint density at radius 1 is 1.30 bits per heavy atom. The zero-order chi connectivity index (χ0) is 14.5. The summed E-state index contributed by atoms with van der Waals surface area (Å²) in [7, 11) is 0. The Bertz CT molecular complexity index is 453. The lowest BCUT2D eigenvalue weighted by Crippen LogP contribution is -2.51. The number of carbonyl (C=O) groups is 2. The van der Waals surface area contributed by atoms with E-state index in [-0.39, 0.29) is 17.9 Å². The molecule has 0 bridgehead atoms. The molecule has 0 aliphatic carbocycles. The highest BCUT2D eigenvalue weighted by Crippen LogP contribution is 2.12. The number of amides is 2. The van der Waals surface area contributed by atoms with Gasteiger partial charge in [0.15, 0.2) is 0 Å². The molecule has 1 unspecified atom stereocenters. The Balaban J connectivity index is 1.83. The molecule has 1 fully saturated rings. The van der Waals surface area contributed by atoms with E-state index in [4.69, 9.17) is 5.73 Å². The summed E-state index contributed by atoms with van der Waals surface area (Å²) in [5.74, 6) is 0.158. The molecule has 0 spiro atoms. The van der Waals surface area contributed by atoms with Crippen molar-refractivity contribution in [3.8, 4) is 0 Å². The Kier molecular flexibility index (Phi) is 5.14. The molecule has 1 atom stereocenters. The van der Waals surface area contributed by atoms with Crippen LogP contribution in [0.5, 0.6) is 0 Å². The van der Waals surface area contributed by atoms with E-state index in [1.54, 1.807) is 0 Å². The lowest BCUT2D eigenvalue weighted by Gasteiger charge is -2.35. The smallest absolute Gasteiger partial charge is 0.254 e. The third-order valence-electron chi connectivity index (χ3n) is 3.65. The summed E-state index contributed by atoms with van der Waals surface area (Å²) in [5.41, 5.74) is 6.55. The molecule has 1 aliphatic heterocycles. The van der Waals surface area contributed by atoms with Crippen LogP contribution in [0.15, 0.2) is 16.8 Å². The minimum absolute atomic E-state index is 0.0589. The highest BCUT2D eigenvalue weighted by molar-refractivity contribution is 7.08. The van der Waals surface area contributed by atoms with Gasteiger partial charge in [-0.05, 0) is 17.9 Å². The summed E-state index contributed by atoms with van der Waals surface area (Å²) in [6, 6.07) is 1.78. The van der Waals surface area contributed by atoms with Crippen LogP contribution < -0.4 is 5.73 Å². The van der Waals surface area contributed by atoms with Crippen LogP contribution in [0, 0.1) is 0 Å². The molecular weight excluding hydrogens is 274 g/mol. The van der Waals surface area contributed by atoms with E-state index in [0.29, 0.717) is 32.6 Å². The second kappa shape index (κ2) is 6.85. The molecule has 2 N–H and O–H groups in total. The second-order valence-corrected chi connectivity index (χ2v) is 5.84. The maximum atomic E-state index is 12.2. The summed E-state index contributed by atoms with van der Waals surface area (Å²) >= 11 is 1.52. The first-order chi connectivity index (χ1) is 9.61. The number of hydrogen-bond acceptors (Lipinski definition) is 4. The van der Waals surface area contributed by atoms with E-state index in [1.165, 1.54) is 11.3 Å². The number of carbonyl (C=O) groups excluding carboxylic acids is 2. The van der Waals surface area contributed by atoms with Crippen LogP contribution in [0.1, 0.15) is 30.1 Å². The fraction of sp³-hybridized carbons (Fsp3) is 0.571. The first kappa shape index (κ1) is 15.0. The molecule has 1 aromatic rings. The van der Waals surface area contributed by atoms with Crippen LogP contribution in [0.3, 0.4) is 0 Å². The average Bonchev–Trinajstić information content (AvgIpc) is 3.00. The van der Waals surface area contributed by atoms with Crippen LogP contribution in [0.2, 0.25) is 0 Å². The van der Waals surface area contributed by atoms with Crippen molar-refractivity contribution < 1.29 is 9.59 Å². The van der Waals surface area contributed by atoms with Crippen LogP contribution in [-0.2, 0) is 4.79 Å². The minimum atomic E-state index is -0.0621. The maximum absolute atomic E-state index is 12.2. The average molecular weight is 295 g/mol. The summed E-state index contributed by atoms with van der Waals surface area (Å²) in [6.45, 7) is 4.38. The van der Waals surface area contributed by atoms with Crippen LogP contribution >= 0.6 is 11.3 Å². The fourth-order valence-electron chi connectivity index (χ4n) is 2.23. The molecule has 20 heavy (non-hydrogen) atoms. The predicted octanol–water partition coefficient (Wildman–Crippen LogP) is 1.16. The Hall–Kier alpha value is -1.40. The highest BCUT2D eigenvalue weighted by Gasteiger charge is 2.25. The molecule has 1 saturated heterocycles. The van der Waals surface area contributed by atoms with Gasteiger partial charge in [0.05, 0.1) is 5.56 Å². The molecule has 6 heteroatoms. The molecular formula is C14H21N3O2S. The summed E-state index contributed by atoms with van der Waals surface area (Å²) in [4.78, 5) is 27.8. The molecule has 2 amide bonds. The van der Waals surface area contributed by atoms with E-state index in [2.05, 4.69) is 0 Å². The lowest BCUT2D eigenvalue weighted by molar-refractivity contribution is -0.133. The van der Waals surface area contributed by atoms with Gasteiger partial charge in [0, 0.05) is 44.0 Å². The highest BCUT2D eigenvalue weighted by atomic mass is 32.1. The Morgan fingerprint density at radius 2 is 1.95 bits per heavy atom. The number of thiophene rings is 1. The zero-order valence-electron chi connectivity index (χ0n) is 11.7. The molecule has 110 valence electrons. The Morgan fingerprint density at radius 3 is 2.50 bits per heavy atom. The molecule has 0 saturated carbocycles. The number of piperazine rings is 1. The van der Waals surface area contributed by atoms with E-state index >= 15 is 0 Å². The Labute approximate surface area is 123 Å². The van der Waals surface area contributed by atoms with Gasteiger partial charge < -0.3 is 15.5 Å². The third-order valence-corrected chi connectivity index (χ3v) is 4.33. The predicted molar refractivity (Wildman–Crippen MR) is 79.7 cm³/mol. The van der Waals surface area contributed by atoms with Gasteiger partial charge in [0.2, 0.25) is 5.91 Å². The SMILES string of the molecule is CCC(N)CC(=O)N1CCN(C(=O)c2ccsc2)CC1. The van der Waals surface area contributed by atoms with Crippen LogP contribution in [0.4, 0.5) is 0 Å². The first-order valence-electron chi connectivity index (χ1n) is 6.96. The molecule has 5 nitrogen and oxygen atoms in total. The first-order valence-corrected chi connectivity index (χ1v) is 7.91. The largest absolute Gasteiger partial charge is 0.339 e. The topological polar surface area (TPSA) is 66.6 Å². The number of nitrogens with two attached hydrogens (primary N) is 1. The van der Waals surface area contributed by atoms with E-state index in [9.17, 15) is 9.59 Å². The number of rotatable bonds is 4. The van der Waals surface area contributed by atoms with Crippen molar-refractivity contribution in [2.24, 2.45) is 5.73 Å². The normalized spacial score (nSPS) is 17.1. The van der Waals surface area contributed by atoms with Gasteiger partial charge in [-0.15, -0.1) is 0 Å². The molecule has 2 rings (SSSR count). The second-order valence-electron chi connectivity index (χ2n) is 5.06. The van der Waals surface area contributed by atoms with Crippen molar-refractivity contribution in [3.63, 3.8) is 0 Å². The molecule has 0 aromatic carbocycles. The quantitative estimate of drug-likeness (QED) is 0.906. The van der Waals surface area contributed by atoms with Crippen molar-refractivity contribution in [1.29, 1.82) is 0 Å². The van der Waals surface area contributed by atoms with Gasteiger partial charge in [-0.3, -0.25) is 9.59 Å². The van der Waals surface area contributed by atoms with Crippen LogP contribution in [-0.4, -0.2) is 53.8 Å². The zero-order valence-corrected chi connectivity index (χ0v) is 12.6. The number of nitrogens with zero attached hydrogens (tertiary/aromatic N) is 2. The van der Waals surface area contributed by atoms with Crippen molar-refractivity contribution in [3.05, 3.63) is 22.4 Å². The van der Waals surface area contributed by atoms with Gasteiger partial charge >= 0.3 is 0 Å². The van der Waals surface area contributed by atoms with Crippen molar-refractivity contribution >= 4 is 23.2 Å². The van der Waals surface area contributed by atoms with Gasteiger partial charge in [-0.25, -0.2) is 0 Å². The van der Waals surface area contributed by atoms with E-state index in [1.807, 2.05) is 33.6 Å². The minimum Gasteiger partial charge on any atom is -0.339 e. The van der Waals surface area contributed by atoms with Gasteiger partial charge in [-0.2, -0.15) is 11.3 Å². The summed E-state index contributed by atoms with van der Waals surface area (Å²) < 4.78 is 0. The third kappa shape index (κ3) is 3.58. The molecule has 0 radical (unpaired) electrons. The van der Waals surface area contributed by atoms with Crippen LogP contribution in [0.25, 0.3) is 0 Å². The van der Waals surface area contributed by atoms with E-state index < -0.39 is 0 Å². The fourth-order valence-corrected chi connectivity index (χ4v) is 2.86. The summed E-state index contributed by atoms with van der Waals surface area (Å²) in [6.07, 6.45) is 1.21.